The normalized spacial score (nSPS) is 10.5. The summed E-state index contributed by atoms with van der Waals surface area (Å²) in [6, 6.07) is 11.4. The number of aromatic nitrogens is 2. The number of methoxy groups -OCH3 is 1. The molecule has 26 heavy (non-hydrogen) atoms. The van der Waals surface area contributed by atoms with E-state index in [0.29, 0.717) is 15.0 Å². The molecule has 0 fully saturated rings. The van der Waals surface area contributed by atoms with Crippen LogP contribution in [0.4, 0.5) is 10.8 Å². The van der Waals surface area contributed by atoms with Gasteiger partial charge in [-0.05, 0) is 30.3 Å². The average Bonchev–Trinajstić information content (AvgIpc) is 3.09. The van der Waals surface area contributed by atoms with Crippen LogP contribution in [-0.4, -0.2) is 39.1 Å². The van der Waals surface area contributed by atoms with E-state index < -0.39 is 0 Å². The molecular weight excluding hydrogens is 374 g/mol. The first-order chi connectivity index (χ1) is 12.5. The van der Waals surface area contributed by atoms with Gasteiger partial charge in [-0.3, -0.25) is 4.79 Å². The summed E-state index contributed by atoms with van der Waals surface area (Å²) in [5.74, 6) is 0.130. The maximum atomic E-state index is 12.2. The lowest BCUT2D eigenvalue weighted by atomic mass is 10.1. The molecule has 0 bridgehead atoms. The van der Waals surface area contributed by atoms with Gasteiger partial charge in [0.2, 0.25) is 5.13 Å². The minimum Gasteiger partial charge on any atom is -0.504 e. The van der Waals surface area contributed by atoms with Crippen molar-refractivity contribution in [1.29, 1.82) is 0 Å². The maximum Gasteiger partial charge on any atom is 0.210 e. The number of nitrogens with one attached hydrogen (secondary N) is 1. The Labute approximate surface area is 157 Å². The van der Waals surface area contributed by atoms with Gasteiger partial charge in [-0.25, -0.2) is 0 Å². The number of aromatic hydroxyl groups is 2. The molecule has 0 radical (unpaired) electrons. The van der Waals surface area contributed by atoms with Crippen molar-refractivity contribution in [3.63, 3.8) is 0 Å². The largest absolute Gasteiger partial charge is 0.504 e. The number of rotatable bonds is 7. The van der Waals surface area contributed by atoms with Gasteiger partial charge in [-0.15, -0.1) is 10.2 Å². The van der Waals surface area contributed by atoms with E-state index in [1.165, 1.54) is 41.3 Å². The van der Waals surface area contributed by atoms with Gasteiger partial charge in [-0.1, -0.05) is 29.2 Å². The molecule has 9 heteroatoms. The highest BCUT2D eigenvalue weighted by Gasteiger charge is 2.12. The number of carbonyl (C=O) groups excluding carboxylic acids is 1. The van der Waals surface area contributed by atoms with Crippen LogP contribution in [0, 0.1) is 0 Å². The molecule has 0 aliphatic rings. The van der Waals surface area contributed by atoms with Gasteiger partial charge in [-0.2, -0.15) is 0 Å². The molecule has 7 nitrogen and oxygen atoms in total. The number of Topliss-reactive ketones (excluding diaryl/α,β-unsaturated/α-hetero) is 1. The second-order valence-electron chi connectivity index (χ2n) is 5.15. The van der Waals surface area contributed by atoms with E-state index in [-0.39, 0.29) is 23.0 Å². The van der Waals surface area contributed by atoms with Crippen LogP contribution >= 0.6 is 23.1 Å². The Morgan fingerprint density at radius 3 is 2.81 bits per heavy atom. The summed E-state index contributed by atoms with van der Waals surface area (Å²) in [5.41, 5.74) is 1.15. The summed E-state index contributed by atoms with van der Waals surface area (Å²) in [5, 5.41) is 30.6. The van der Waals surface area contributed by atoms with Crippen molar-refractivity contribution in [2.75, 3.05) is 18.2 Å². The number of anilines is 2. The van der Waals surface area contributed by atoms with Crippen LogP contribution in [0.2, 0.25) is 0 Å². The van der Waals surface area contributed by atoms with Crippen molar-refractivity contribution in [3.05, 3.63) is 48.0 Å². The Balaban J connectivity index is 1.59. The third-order valence-corrected chi connectivity index (χ3v) is 5.32. The molecule has 3 N–H and O–H groups in total. The summed E-state index contributed by atoms with van der Waals surface area (Å²) >= 11 is 2.59. The highest BCUT2D eigenvalue weighted by molar-refractivity contribution is 8.01. The molecule has 0 unspecified atom stereocenters. The summed E-state index contributed by atoms with van der Waals surface area (Å²) in [6.45, 7) is 0. The molecule has 1 heterocycles. The summed E-state index contributed by atoms with van der Waals surface area (Å²) in [6.07, 6.45) is 0. The molecular formula is C17H15N3O4S2. The first-order valence-electron chi connectivity index (χ1n) is 7.47. The smallest absolute Gasteiger partial charge is 0.210 e. The number of thioether (sulfide) groups is 1. The molecule has 3 rings (SSSR count). The molecule has 0 aliphatic heterocycles. The zero-order chi connectivity index (χ0) is 18.5. The SMILES string of the molecule is COc1cccc(Nc2nnc(SCC(=O)c3ccc(O)c(O)c3)s2)c1. The Morgan fingerprint density at radius 2 is 2.04 bits per heavy atom. The highest BCUT2D eigenvalue weighted by atomic mass is 32.2. The van der Waals surface area contributed by atoms with E-state index in [9.17, 15) is 15.0 Å². The standard InChI is InChI=1S/C17H15N3O4S2/c1-24-12-4-2-3-11(8-12)18-16-19-20-17(26-16)25-9-15(23)10-5-6-13(21)14(22)7-10/h2-8,21-22H,9H2,1H3,(H,18,19). The molecule has 0 atom stereocenters. The van der Waals surface area contributed by atoms with Crippen molar-refractivity contribution in [3.8, 4) is 17.2 Å². The zero-order valence-electron chi connectivity index (χ0n) is 13.7. The Bertz CT molecular complexity index is 930. The van der Waals surface area contributed by atoms with E-state index in [0.717, 1.165) is 11.4 Å². The number of nitrogens with zero attached hydrogens (tertiary/aromatic N) is 2. The van der Waals surface area contributed by atoms with E-state index in [1.54, 1.807) is 7.11 Å². The highest BCUT2D eigenvalue weighted by Crippen LogP contribution is 2.30. The quantitative estimate of drug-likeness (QED) is 0.319. The average molecular weight is 389 g/mol. The van der Waals surface area contributed by atoms with Crippen LogP contribution in [0.25, 0.3) is 0 Å². The number of ketones is 1. The topological polar surface area (TPSA) is 105 Å². The Hall–Kier alpha value is -2.78. The van der Waals surface area contributed by atoms with Crippen LogP contribution in [0.3, 0.4) is 0 Å². The summed E-state index contributed by atoms with van der Waals surface area (Å²) in [4.78, 5) is 12.2. The lowest BCUT2D eigenvalue weighted by Gasteiger charge is -2.04. The molecule has 134 valence electrons. The van der Waals surface area contributed by atoms with Gasteiger partial charge >= 0.3 is 0 Å². The fraction of sp³-hybridized carbons (Fsp3) is 0.118. The van der Waals surface area contributed by atoms with Crippen molar-refractivity contribution in [2.24, 2.45) is 0 Å². The van der Waals surface area contributed by atoms with Crippen LogP contribution in [0.5, 0.6) is 17.2 Å². The first-order valence-corrected chi connectivity index (χ1v) is 9.28. The molecule has 2 aromatic carbocycles. The molecule has 0 saturated carbocycles. The molecule has 0 spiro atoms. The zero-order valence-corrected chi connectivity index (χ0v) is 15.3. The predicted molar refractivity (Wildman–Crippen MR) is 101 cm³/mol. The van der Waals surface area contributed by atoms with Gasteiger partial charge < -0.3 is 20.3 Å². The molecule has 1 aromatic heterocycles. The Morgan fingerprint density at radius 1 is 1.19 bits per heavy atom. The van der Waals surface area contributed by atoms with Crippen molar-refractivity contribution >= 4 is 39.7 Å². The third-order valence-electron chi connectivity index (χ3n) is 3.35. The number of benzene rings is 2. The van der Waals surface area contributed by atoms with Crippen molar-refractivity contribution in [2.45, 2.75) is 4.34 Å². The molecule has 0 amide bonds. The van der Waals surface area contributed by atoms with E-state index >= 15 is 0 Å². The molecule has 0 aliphatic carbocycles. The van der Waals surface area contributed by atoms with Crippen LogP contribution in [0.1, 0.15) is 10.4 Å². The predicted octanol–water partition coefficient (Wildman–Crippen LogP) is 3.68. The number of phenolic OH excluding ortho intramolecular Hbond substituents is 2. The van der Waals surface area contributed by atoms with Crippen molar-refractivity contribution in [1.82, 2.24) is 10.2 Å². The number of carbonyl (C=O) groups is 1. The Kier molecular flexibility index (Phi) is 5.59. The minimum atomic E-state index is -0.318. The second kappa shape index (κ2) is 8.07. The first kappa shape index (κ1) is 18.0. The van der Waals surface area contributed by atoms with Gasteiger partial charge in [0, 0.05) is 17.3 Å². The van der Waals surface area contributed by atoms with Gasteiger partial charge in [0.15, 0.2) is 21.6 Å². The fourth-order valence-corrected chi connectivity index (χ4v) is 3.72. The van der Waals surface area contributed by atoms with E-state index in [4.69, 9.17) is 4.74 Å². The number of phenols is 2. The summed E-state index contributed by atoms with van der Waals surface area (Å²) in [7, 11) is 1.60. The maximum absolute atomic E-state index is 12.2. The lowest BCUT2D eigenvalue weighted by Crippen LogP contribution is -2.01. The van der Waals surface area contributed by atoms with Crippen LogP contribution in [-0.2, 0) is 0 Å². The minimum absolute atomic E-state index is 0.151. The van der Waals surface area contributed by atoms with Crippen molar-refractivity contribution < 1.29 is 19.7 Å². The van der Waals surface area contributed by atoms with Gasteiger partial charge in [0.1, 0.15) is 5.75 Å². The second-order valence-corrected chi connectivity index (χ2v) is 7.35. The molecule has 0 saturated heterocycles. The van der Waals surface area contributed by atoms with Crippen LogP contribution < -0.4 is 10.1 Å². The fourth-order valence-electron chi connectivity index (χ4n) is 2.05. The monoisotopic (exact) mass is 389 g/mol. The lowest BCUT2D eigenvalue weighted by molar-refractivity contribution is 0.102. The summed E-state index contributed by atoms with van der Waals surface area (Å²) < 4.78 is 5.82. The third kappa shape index (κ3) is 4.44. The number of hydrogen-bond acceptors (Lipinski definition) is 9. The number of ether oxygens (including phenoxy) is 1. The van der Waals surface area contributed by atoms with Gasteiger partial charge in [0.25, 0.3) is 0 Å². The van der Waals surface area contributed by atoms with Gasteiger partial charge in [0.05, 0.1) is 12.9 Å². The number of hydrogen-bond donors (Lipinski definition) is 3. The van der Waals surface area contributed by atoms with E-state index in [2.05, 4.69) is 15.5 Å². The van der Waals surface area contributed by atoms with E-state index in [1.807, 2.05) is 24.3 Å². The molecule has 3 aromatic rings. The van der Waals surface area contributed by atoms with Crippen LogP contribution in [0.15, 0.2) is 46.8 Å².